The molecule has 1 saturated carbocycles. The molecule has 1 aromatic carbocycles. The van der Waals surface area contributed by atoms with Gasteiger partial charge in [0.25, 0.3) is 0 Å². The van der Waals surface area contributed by atoms with E-state index in [1.54, 1.807) is 7.11 Å². The summed E-state index contributed by atoms with van der Waals surface area (Å²) >= 11 is 0. The van der Waals surface area contributed by atoms with Crippen molar-refractivity contribution in [2.45, 2.75) is 51.0 Å². The van der Waals surface area contributed by atoms with Crippen LogP contribution in [-0.4, -0.2) is 25.7 Å². The number of rotatable bonds is 5. The lowest BCUT2D eigenvalue weighted by Crippen LogP contribution is -2.45. The first-order valence-electron chi connectivity index (χ1n) is 7.75. The van der Waals surface area contributed by atoms with Crippen LogP contribution in [-0.2, 0) is 5.41 Å². The van der Waals surface area contributed by atoms with E-state index in [4.69, 9.17) is 4.74 Å². The van der Waals surface area contributed by atoms with E-state index in [9.17, 15) is 4.79 Å². The summed E-state index contributed by atoms with van der Waals surface area (Å²) in [6, 6.07) is 8.35. The van der Waals surface area contributed by atoms with Crippen LogP contribution in [0.25, 0.3) is 0 Å². The summed E-state index contributed by atoms with van der Waals surface area (Å²) in [6.45, 7) is 4.63. The van der Waals surface area contributed by atoms with E-state index >= 15 is 0 Å². The van der Waals surface area contributed by atoms with Gasteiger partial charge in [0.2, 0.25) is 0 Å². The van der Waals surface area contributed by atoms with Crippen molar-refractivity contribution < 1.29 is 9.53 Å². The zero-order valence-corrected chi connectivity index (χ0v) is 13.2. The molecule has 2 N–H and O–H groups in total. The SMILES string of the molecule is COc1ccc(C2(CNC(=O)NC(C)C)CCCC2)cc1. The molecular weight excluding hydrogens is 264 g/mol. The zero-order chi connectivity index (χ0) is 15.3. The number of hydrogen-bond donors (Lipinski definition) is 2. The molecule has 1 aromatic rings. The van der Waals surface area contributed by atoms with Crippen LogP contribution < -0.4 is 15.4 Å². The Morgan fingerprint density at radius 3 is 2.38 bits per heavy atom. The average Bonchev–Trinajstić information content (AvgIpc) is 2.95. The van der Waals surface area contributed by atoms with Crippen molar-refractivity contribution in [2.75, 3.05) is 13.7 Å². The number of hydrogen-bond acceptors (Lipinski definition) is 2. The molecule has 0 bridgehead atoms. The number of ether oxygens (including phenoxy) is 1. The number of nitrogens with one attached hydrogen (secondary N) is 2. The lowest BCUT2D eigenvalue weighted by atomic mass is 9.79. The summed E-state index contributed by atoms with van der Waals surface area (Å²) in [5.74, 6) is 0.873. The van der Waals surface area contributed by atoms with E-state index in [0.29, 0.717) is 6.54 Å². The Morgan fingerprint density at radius 2 is 1.86 bits per heavy atom. The van der Waals surface area contributed by atoms with Gasteiger partial charge in [-0.25, -0.2) is 4.79 Å². The summed E-state index contributed by atoms with van der Waals surface area (Å²) in [5.41, 5.74) is 1.37. The number of carbonyl (C=O) groups is 1. The fourth-order valence-corrected chi connectivity index (χ4v) is 3.13. The molecule has 1 aliphatic rings. The summed E-state index contributed by atoms with van der Waals surface area (Å²) < 4.78 is 5.23. The third-order valence-corrected chi connectivity index (χ3v) is 4.27. The van der Waals surface area contributed by atoms with Gasteiger partial charge in [-0.05, 0) is 44.4 Å². The van der Waals surface area contributed by atoms with Gasteiger partial charge in [-0.2, -0.15) is 0 Å². The van der Waals surface area contributed by atoms with Gasteiger partial charge in [-0.15, -0.1) is 0 Å². The molecule has 1 aliphatic carbocycles. The molecule has 0 atom stereocenters. The molecule has 0 spiro atoms. The topological polar surface area (TPSA) is 50.4 Å². The van der Waals surface area contributed by atoms with Crippen LogP contribution in [0.5, 0.6) is 5.75 Å². The lowest BCUT2D eigenvalue weighted by molar-refractivity contribution is 0.234. The zero-order valence-electron chi connectivity index (χ0n) is 13.2. The first-order chi connectivity index (χ1) is 10.1. The second-order valence-electron chi connectivity index (χ2n) is 6.20. The Hall–Kier alpha value is -1.71. The molecule has 0 aliphatic heterocycles. The minimum Gasteiger partial charge on any atom is -0.497 e. The van der Waals surface area contributed by atoms with Crippen molar-refractivity contribution in [2.24, 2.45) is 0 Å². The summed E-state index contributed by atoms with van der Waals surface area (Å²) in [4.78, 5) is 11.8. The van der Waals surface area contributed by atoms with Gasteiger partial charge < -0.3 is 15.4 Å². The summed E-state index contributed by atoms with van der Waals surface area (Å²) in [6.07, 6.45) is 4.70. The minimum atomic E-state index is -0.0789. The largest absolute Gasteiger partial charge is 0.497 e. The van der Waals surface area contributed by atoms with Gasteiger partial charge in [0.15, 0.2) is 0 Å². The molecule has 4 heteroatoms. The van der Waals surface area contributed by atoms with Crippen LogP contribution in [0.3, 0.4) is 0 Å². The number of methoxy groups -OCH3 is 1. The molecule has 4 nitrogen and oxygen atoms in total. The minimum absolute atomic E-state index is 0.0700. The normalized spacial score (nSPS) is 16.8. The summed E-state index contributed by atoms with van der Waals surface area (Å²) in [5, 5.41) is 5.93. The molecule has 0 unspecified atom stereocenters. The van der Waals surface area contributed by atoms with Crippen LogP contribution >= 0.6 is 0 Å². The molecule has 1 fully saturated rings. The van der Waals surface area contributed by atoms with E-state index in [2.05, 4.69) is 22.8 Å². The van der Waals surface area contributed by atoms with Gasteiger partial charge in [-0.1, -0.05) is 25.0 Å². The second-order valence-corrected chi connectivity index (χ2v) is 6.20. The van der Waals surface area contributed by atoms with E-state index in [1.807, 2.05) is 26.0 Å². The Kier molecular flexibility index (Phi) is 5.10. The number of urea groups is 1. The fourth-order valence-electron chi connectivity index (χ4n) is 3.13. The molecule has 0 radical (unpaired) electrons. The smallest absolute Gasteiger partial charge is 0.315 e. The highest BCUT2D eigenvalue weighted by molar-refractivity contribution is 5.74. The van der Waals surface area contributed by atoms with E-state index in [-0.39, 0.29) is 17.5 Å². The predicted molar refractivity (Wildman–Crippen MR) is 84.8 cm³/mol. The first-order valence-corrected chi connectivity index (χ1v) is 7.75. The van der Waals surface area contributed by atoms with Gasteiger partial charge in [0, 0.05) is 18.0 Å². The van der Waals surface area contributed by atoms with Gasteiger partial charge in [-0.3, -0.25) is 0 Å². The lowest BCUT2D eigenvalue weighted by Gasteiger charge is -2.30. The fraction of sp³-hybridized carbons (Fsp3) is 0.588. The van der Waals surface area contributed by atoms with Crippen LogP contribution in [0.15, 0.2) is 24.3 Å². The molecule has 0 heterocycles. The molecule has 0 saturated heterocycles. The highest BCUT2D eigenvalue weighted by atomic mass is 16.5. The van der Waals surface area contributed by atoms with Crippen LogP contribution in [0, 0.1) is 0 Å². The van der Waals surface area contributed by atoms with Crippen molar-refractivity contribution in [1.82, 2.24) is 10.6 Å². The number of carbonyl (C=O) groups excluding carboxylic acids is 1. The van der Waals surface area contributed by atoms with Crippen molar-refractivity contribution in [3.8, 4) is 5.75 Å². The van der Waals surface area contributed by atoms with Gasteiger partial charge >= 0.3 is 6.03 Å². The molecule has 2 amide bonds. The van der Waals surface area contributed by atoms with Crippen molar-refractivity contribution >= 4 is 6.03 Å². The van der Waals surface area contributed by atoms with Crippen LogP contribution in [0.2, 0.25) is 0 Å². The second kappa shape index (κ2) is 6.83. The maximum Gasteiger partial charge on any atom is 0.315 e. The highest BCUT2D eigenvalue weighted by Crippen LogP contribution is 2.41. The maximum atomic E-state index is 11.8. The van der Waals surface area contributed by atoms with Gasteiger partial charge in [0.1, 0.15) is 5.75 Å². The van der Waals surface area contributed by atoms with E-state index in [1.165, 1.54) is 18.4 Å². The Balaban J connectivity index is 2.07. The third kappa shape index (κ3) is 3.90. The summed E-state index contributed by atoms with van der Waals surface area (Å²) in [7, 11) is 1.68. The highest BCUT2D eigenvalue weighted by Gasteiger charge is 2.35. The van der Waals surface area contributed by atoms with Crippen molar-refractivity contribution in [3.63, 3.8) is 0 Å². The third-order valence-electron chi connectivity index (χ3n) is 4.27. The first kappa shape index (κ1) is 15.7. The standard InChI is InChI=1S/C17H26N2O2/c1-13(2)19-16(20)18-12-17(10-4-5-11-17)14-6-8-15(21-3)9-7-14/h6-9,13H,4-5,10-12H2,1-3H3,(H2,18,19,20). The number of amides is 2. The Labute approximate surface area is 127 Å². The number of benzene rings is 1. The Bertz CT molecular complexity index is 462. The van der Waals surface area contributed by atoms with E-state index < -0.39 is 0 Å². The maximum absolute atomic E-state index is 11.8. The van der Waals surface area contributed by atoms with E-state index in [0.717, 1.165) is 18.6 Å². The van der Waals surface area contributed by atoms with Crippen LogP contribution in [0.4, 0.5) is 4.79 Å². The molecule has 2 rings (SSSR count). The predicted octanol–water partition coefficient (Wildman–Crippen LogP) is 3.21. The molecular formula is C17H26N2O2. The average molecular weight is 290 g/mol. The molecule has 116 valence electrons. The molecule has 21 heavy (non-hydrogen) atoms. The van der Waals surface area contributed by atoms with Gasteiger partial charge in [0.05, 0.1) is 7.11 Å². The monoisotopic (exact) mass is 290 g/mol. The van der Waals surface area contributed by atoms with Crippen LogP contribution in [0.1, 0.15) is 45.1 Å². The quantitative estimate of drug-likeness (QED) is 0.875. The Morgan fingerprint density at radius 1 is 1.24 bits per heavy atom. The molecule has 0 aromatic heterocycles. The van der Waals surface area contributed by atoms with Crippen molar-refractivity contribution in [1.29, 1.82) is 0 Å². The van der Waals surface area contributed by atoms with Crippen molar-refractivity contribution in [3.05, 3.63) is 29.8 Å².